The Hall–Kier alpha value is -1.06. The van der Waals surface area contributed by atoms with Crippen LogP contribution in [0.2, 0.25) is 0 Å². The summed E-state index contributed by atoms with van der Waals surface area (Å²) in [5.74, 6) is -0.785. The molecule has 0 aromatic rings. The van der Waals surface area contributed by atoms with Gasteiger partial charge in [-0.1, -0.05) is 59.3 Å². The lowest BCUT2D eigenvalue weighted by Crippen LogP contribution is -2.18. The molecule has 0 aliphatic heterocycles. The molecular formula is C17H32O4. The molecule has 0 aliphatic carbocycles. The third-order valence-corrected chi connectivity index (χ3v) is 3.19. The van der Waals surface area contributed by atoms with Crippen molar-refractivity contribution in [1.29, 1.82) is 0 Å². The molecule has 4 heteroatoms. The highest BCUT2D eigenvalue weighted by molar-refractivity contribution is 5.69. The summed E-state index contributed by atoms with van der Waals surface area (Å²) in [5, 5.41) is 8.50. The summed E-state index contributed by atoms with van der Waals surface area (Å²) in [6.07, 6.45) is 9.16. The van der Waals surface area contributed by atoms with Crippen LogP contribution >= 0.6 is 0 Å². The van der Waals surface area contributed by atoms with Crippen LogP contribution in [0.15, 0.2) is 0 Å². The highest BCUT2D eigenvalue weighted by Gasteiger charge is 2.13. The van der Waals surface area contributed by atoms with Crippen LogP contribution in [0.3, 0.4) is 0 Å². The number of carboxylic acids is 1. The SMILES string of the molecule is CC(C)(C)COC(=O)CCCCCCCCCCC(=O)O. The first-order chi connectivity index (χ1) is 9.81. The molecule has 21 heavy (non-hydrogen) atoms. The van der Waals surface area contributed by atoms with Crippen LogP contribution in [0.25, 0.3) is 0 Å². The molecule has 124 valence electrons. The molecule has 4 nitrogen and oxygen atoms in total. The number of carbonyl (C=O) groups excluding carboxylic acids is 1. The number of rotatable bonds is 12. The number of aliphatic carboxylic acids is 1. The van der Waals surface area contributed by atoms with Gasteiger partial charge in [0.2, 0.25) is 0 Å². The van der Waals surface area contributed by atoms with Crippen LogP contribution in [-0.2, 0) is 14.3 Å². The van der Waals surface area contributed by atoms with Gasteiger partial charge in [0.25, 0.3) is 0 Å². The third kappa shape index (κ3) is 16.9. The van der Waals surface area contributed by atoms with Crippen LogP contribution in [-0.4, -0.2) is 23.7 Å². The Labute approximate surface area is 129 Å². The summed E-state index contributed by atoms with van der Waals surface area (Å²) in [6.45, 7) is 6.65. The minimum atomic E-state index is -0.701. The lowest BCUT2D eigenvalue weighted by atomic mass is 9.99. The lowest BCUT2D eigenvalue weighted by Gasteiger charge is -2.17. The van der Waals surface area contributed by atoms with E-state index < -0.39 is 5.97 Å². The molecule has 0 bridgehead atoms. The molecule has 0 radical (unpaired) electrons. The fraction of sp³-hybridized carbons (Fsp3) is 0.882. The Balaban J connectivity index is 3.25. The minimum absolute atomic E-state index is 0.0380. The summed E-state index contributed by atoms with van der Waals surface area (Å²) >= 11 is 0. The number of esters is 1. The highest BCUT2D eigenvalue weighted by Crippen LogP contribution is 2.14. The Morgan fingerprint density at radius 2 is 1.24 bits per heavy atom. The van der Waals surface area contributed by atoms with E-state index in [1.165, 1.54) is 6.42 Å². The predicted octanol–water partition coefficient (Wildman–Crippen LogP) is 4.56. The summed E-state index contributed by atoms with van der Waals surface area (Å²) in [5.41, 5.74) is 0.0380. The van der Waals surface area contributed by atoms with Gasteiger partial charge in [-0.05, 0) is 18.3 Å². The summed E-state index contributed by atoms with van der Waals surface area (Å²) in [4.78, 5) is 21.8. The van der Waals surface area contributed by atoms with Crippen LogP contribution in [0.4, 0.5) is 0 Å². The number of hydrogen-bond donors (Lipinski definition) is 1. The van der Waals surface area contributed by atoms with E-state index in [0.29, 0.717) is 13.0 Å². The van der Waals surface area contributed by atoms with Gasteiger partial charge in [-0.3, -0.25) is 9.59 Å². The zero-order valence-corrected chi connectivity index (χ0v) is 14.0. The van der Waals surface area contributed by atoms with Crippen molar-refractivity contribution in [2.75, 3.05) is 6.61 Å². The topological polar surface area (TPSA) is 63.6 Å². The molecule has 0 rings (SSSR count). The number of carboxylic acid groups (broad SMARTS) is 1. The van der Waals surface area contributed by atoms with E-state index in [9.17, 15) is 9.59 Å². The van der Waals surface area contributed by atoms with Gasteiger partial charge in [0.15, 0.2) is 0 Å². The van der Waals surface area contributed by atoms with Crippen molar-refractivity contribution in [3.63, 3.8) is 0 Å². The van der Waals surface area contributed by atoms with Crippen molar-refractivity contribution in [3.05, 3.63) is 0 Å². The van der Waals surface area contributed by atoms with E-state index in [0.717, 1.165) is 44.9 Å². The molecule has 0 heterocycles. The summed E-state index contributed by atoms with van der Waals surface area (Å²) in [7, 11) is 0. The van der Waals surface area contributed by atoms with Crippen molar-refractivity contribution in [3.8, 4) is 0 Å². The fourth-order valence-corrected chi connectivity index (χ4v) is 1.98. The molecule has 0 saturated carbocycles. The van der Waals surface area contributed by atoms with Crippen LogP contribution in [0.1, 0.15) is 85.0 Å². The minimum Gasteiger partial charge on any atom is -0.481 e. The first-order valence-corrected chi connectivity index (χ1v) is 8.19. The molecule has 0 aliphatic rings. The first-order valence-electron chi connectivity index (χ1n) is 8.19. The number of ether oxygens (including phenoxy) is 1. The normalized spacial score (nSPS) is 11.4. The molecular weight excluding hydrogens is 268 g/mol. The lowest BCUT2D eigenvalue weighted by molar-refractivity contribution is -0.146. The van der Waals surface area contributed by atoms with E-state index in [1.54, 1.807) is 0 Å². The zero-order chi connectivity index (χ0) is 16.1. The molecule has 0 aromatic heterocycles. The quantitative estimate of drug-likeness (QED) is 0.424. The van der Waals surface area contributed by atoms with Gasteiger partial charge in [-0.15, -0.1) is 0 Å². The van der Waals surface area contributed by atoms with Crippen molar-refractivity contribution in [2.24, 2.45) is 5.41 Å². The van der Waals surface area contributed by atoms with E-state index in [2.05, 4.69) is 20.8 Å². The maximum Gasteiger partial charge on any atom is 0.305 e. The van der Waals surface area contributed by atoms with E-state index in [-0.39, 0.29) is 17.8 Å². The van der Waals surface area contributed by atoms with Gasteiger partial charge >= 0.3 is 11.9 Å². The Kier molecular flexibility index (Phi) is 11.0. The molecule has 0 fully saturated rings. The van der Waals surface area contributed by atoms with Crippen LogP contribution in [0, 0.1) is 5.41 Å². The average molecular weight is 300 g/mol. The van der Waals surface area contributed by atoms with Crippen LogP contribution in [0.5, 0.6) is 0 Å². The van der Waals surface area contributed by atoms with Gasteiger partial charge < -0.3 is 9.84 Å². The van der Waals surface area contributed by atoms with Crippen molar-refractivity contribution in [2.45, 2.75) is 85.0 Å². The Bertz CT molecular complexity index is 292. The maximum absolute atomic E-state index is 11.5. The molecule has 1 N–H and O–H groups in total. The van der Waals surface area contributed by atoms with Gasteiger partial charge in [-0.2, -0.15) is 0 Å². The van der Waals surface area contributed by atoms with Crippen LogP contribution < -0.4 is 0 Å². The smallest absolute Gasteiger partial charge is 0.305 e. The molecule has 0 aromatic carbocycles. The van der Waals surface area contributed by atoms with Gasteiger partial charge in [0.1, 0.15) is 0 Å². The fourth-order valence-electron chi connectivity index (χ4n) is 1.98. The molecule has 0 spiro atoms. The van der Waals surface area contributed by atoms with Gasteiger partial charge in [0, 0.05) is 12.8 Å². The monoisotopic (exact) mass is 300 g/mol. The van der Waals surface area contributed by atoms with Crippen molar-refractivity contribution in [1.82, 2.24) is 0 Å². The summed E-state index contributed by atoms with van der Waals surface area (Å²) in [6, 6.07) is 0. The Morgan fingerprint density at radius 1 is 0.810 bits per heavy atom. The number of hydrogen-bond acceptors (Lipinski definition) is 3. The van der Waals surface area contributed by atoms with Crippen molar-refractivity contribution >= 4 is 11.9 Å². The van der Waals surface area contributed by atoms with E-state index >= 15 is 0 Å². The largest absolute Gasteiger partial charge is 0.481 e. The molecule has 0 saturated heterocycles. The van der Waals surface area contributed by atoms with Gasteiger partial charge in [0.05, 0.1) is 6.61 Å². The number of carbonyl (C=O) groups is 2. The highest BCUT2D eigenvalue weighted by atomic mass is 16.5. The first kappa shape index (κ1) is 19.9. The zero-order valence-electron chi connectivity index (χ0n) is 14.0. The maximum atomic E-state index is 11.5. The predicted molar refractivity (Wildman–Crippen MR) is 84.2 cm³/mol. The Morgan fingerprint density at radius 3 is 1.67 bits per heavy atom. The van der Waals surface area contributed by atoms with E-state index in [1.807, 2.05) is 0 Å². The average Bonchev–Trinajstić information content (AvgIpc) is 2.37. The summed E-state index contributed by atoms with van der Waals surface area (Å²) < 4.78 is 5.21. The van der Waals surface area contributed by atoms with E-state index in [4.69, 9.17) is 9.84 Å². The van der Waals surface area contributed by atoms with Crippen molar-refractivity contribution < 1.29 is 19.4 Å². The molecule has 0 unspecified atom stereocenters. The second-order valence-corrected chi connectivity index (χ2v) is 6.94. The second-order valence-electron chi connectivity index (χ2n) is 6.94. The van der Waals surface area contributed by atoms with Gasteiger partial charge in [-0.25, -0.2) is 0 Å². The standard InChI is InChI=1S/C17H32O4/c1-17(2,3)14-21-16(20)13-11-9-7-5-4-6-8-10-12-15(18)19/h4-14H2,1-3H3,(H,18,19). The molecule has 0 atom stereocenters. The molecule has 0 amide bonds. The second kappa shape index (κ2) is 11.6. The number of unbranched alkanes of at least 4 members (excludes halogenated alkanes) is 7. The third-order valence-electron chi connectivity index (χ3n) is 3.19.